The number of hydrogen-bond donors (Lipinski definition) is 1. The van der Waals surface area contributed by atoms with Crippen molar-refractivity contribution in [3.05, 3.63) is 64.4 Å². The number of hydrogen-bond acceptors (Lipinski definition) is 4. The van der Waals surface area contributed by atoms with E-state index < -0.39 is 6.09 Å². The van der Waals surface area contributed by atoms with Crippen molar-refractivity contribution in [2.24, 2.45) is 0 Å². The summed E-state index contributed by atoms with van der Waals surface area (Å²) in [6.45, 7) is 3.84. The summed E-state index contributed by atoms with van der Waals surface area (Å²) in [7, 11) is 0. The third kappa shape index (κ3) is 3.51. The van der Waals surface area contributed by atoms with E-state index in [1.807, 2.05) is 19.1 Å². The molecule has 0 spiro atoms. The molecule has 5 nitrogen and oxygen atoms in total. The van der Waals surface area contributed by atoms with Gasteiger partial charge in [0, 0.05) is 16.0 Å². The molecule has 0 saturated heterocycles. The number of carbonyl (C=O) groups excluding carboxylic acids is 2. The minimum atomic E-state index is -0.664. The molecule has 25 heavy (non-hydrogen) atoms. The molecule has 0 radical (unpaired) electrons. The quantitative estimate of drug-likeness (QED) is 0.652. The van der Waals surface area contributed by atoms with Gasteiger partial charge in [-0.1, -0.05) is 41.4 Å². The Morgan fingerprint density at radius 1 is 1.16 bits per heavy atom. The van der Waals surface area contributed by atoms with E-state index in [1.165, 1.54) is 0 Å². The van der Waals surface area contributed by atoms with Gasteiger partial charge in [0.2, 0.25) is 5.78 Å². The minimum Gasteiger partial charge on any atom is -0.450 e. The van der Waals surface area contributed by atoms with Gasteiger partial charge in [0.25, 0.3) is 0 Å². The molecule has 6 heteroatoms. The molecular formula is C19H16ClNO4. The Morgan fingerprint density at radius 2 is 1.88 bits per heavy atom. The summed E-state index contributed by atoms with van der Waals surface area (Å²) >= 11 is 6.04. The van der Waals surface area contributed by atoms with E-state index in [1.54, 1.807) is 37.3 Å². The second-order valence-corrected chi connectivity index (χ2v) is 5.92. The molecule has 0 aliphatic carbocycles. The van der Waals surface area contributed by atoms with Gasteiger partial charge in [-0.05, 0) is 32.0 Å². The fraction of sp³-hybridized carbons (Fsp3) is 0.158. The van der Waals surface area contributed by atoms with Gasteiger partial charge in [-0.15, -0.1) is 0 Å². The van der Waals surface area contributed by atoms with Crippen LogP contribution in [0.4, 0.5) is 10.5 Å². The van der Waals surface area contributed by atoms with Crippen molar-refractivity contribution in [1.82, 2.24) is 0 Å². The molecule has 1 aromatic heterocycles. The number of benzene rings is 2. The highest BCUT2D eigenvalue weighted by molar-refractivity contribution is 6.31. The summed E-state index contributed by atoms with van der Waals surface area (Å²) in [4.78, 5) is 24.7. The van der Waals surface area contributed by atoms with Crippen molar-refractivity contribution >= 4 is 40.1 Å². The molecule has 0 unspecified atom stereocenters. The lowest BCUT2D eigenvalue weighted by atomic mass is 10.1. The van der Waals surface area contributed by atoms with E-state index in [2.05, 4.69) is 5.32 Å². The molecule has 0 aliphatic heterocycles. The normalized spacial score (nSPS) is 10.7. The largest absolute Gasteiger partial charge is 0.450 e. The average Bonchev–Trinajstić information content (AvgIpc) is 2.93. The van der Waals surface area contributed by atoms with Crippen molar-refractivity contribution < 1.29 is 18.7 Å². The van der Waals surface area contributed by atoms with Crippen molar-refractivity contribution in [2.45, 2.75) is 13.8 Å². The highest BCUT2D eigenvalue weighted by Crippen LogP contribution is 2.34. The number of aryl methyl sites for hydroxylation is 1. The number of ketones is 1. The number of halogens is 1. The van der Waals surface area contributed by atoms with Gasteiger partial charge in [-0.3, -0.25) is 10.1 Å². The second-order valence-electron chi connectivity index (χ2n) is 5.49. The zero-order valence-electron chi connectivity index (χ0n) is 13.8. The number of amides is 1. The smallest absolute Gasteiger partial charge is 0.411 e. The summed E-state index contributed by atoms with van der Waals surface area (Å²) in [5, 5.41) is 3.59. The van der Waals surface area contributed by atoms with Crippen LogP contribution in [-0.4, -0.2) is 18.5 Å². The van der Waals surface area contributed by atoms with Crippen molar-refractivity contribution in [2.75, 3.05) is 11.9 Å². The fourth-order valence-electron chi connectivity index (χ4n) is 2.46. The van der Waals surface area contributed by atoms with Crippen LogP contribution in [0.1, 0.15) is 28.6 Å². The van der Waals surface area contributed by atoms with Crippen LogP contribution < -0.4 is 5.32 Å². The fourth-order valence-corrected chi connectivity index (χ4v) is 2.63. The zero-order valence-corrected chi connectivity index (χ0v) is 14.5. The van der Waals surface area contributed by atoms with E-state index in [0.717, 1.165) is 5.56 Å². The average molecular weight is 358 g/mol. The Bertz CT molecular complexity index is 944. The number of rotatable bonds is 4. The summed E-state index contributed by atoms with van der Waals surface area (Å²) in [5.74, 6) is -0.298. The van der Waals surface area contributed by atoms with E-state index in [-0.39, 0.29) is 23.8 Å². The Morgan fingerprint density at radius 3 is 2.56 bits per heavy atom. The molecule has 0 bridgehead atoms. The Labute approximate surface area is 149 Å². The molecule has 3 aromatic rings. The lowest BCUT2D eigenvalue weighted by Gasteiger charge is -2.06. The standard InChI is InChI=1S/C19H16ClNO4/c1-3-24-19(23)21-16-14-10-13(20)8-9-15(14)25-18(16)17(22)12-6-4-11(2)5-7-12/h4-10H,3H2,1-2H3,(H,21,23). The lowest BCUT2D eigenvalue weighted by molar-refractivity contribution is 0.101. The monoisotopic (exact) mass is 357 g/mol. The van der Waals surface area contributed by atoms with Gasteiger partial charge in [0.05, 0.1) is 6.61 Å². The molecule has 128 valence electrons. The maximum absolute atomic E-state index is 12.9. The summed E-state index contributed by atoms with van der Waals surface area (Å²) in [6, 6.07) is 12.0. The van der Waals surface area contributed by atoms with Crippen LogP contribution in [-0.2, 0) is 4.74 Å². The van der Waals surface area contributed by atoms with Crippen LogP contribution in [0.5, 0.6) is 0 Å². The van der Waals surface area contributed by atoms with Gasteiger partial charge < -0.3 is 9.15 Å². The highest BCUT2D eigenvalue weighted by atomic mass is 35.5. The molecular weight excluding hydrogens is 342 g/mol. The maximum Gasteiger partial charge on any atom is 0.411 e. The van der Waals surface area contributed by atoms with Crippen molar-refractivity contribution in [3.63, 3.8) is 0 Å². The number of anilines is 1. The van der Waals surface area contributed by atoms with Crippen LogP contribution in [0.25, 0.3) is 11.0 Å². The van der Waals surface area contributed by atoms with Gasteiger partial charge >= 0.3 is 6.09 Å². The van der Waals surface area contributed by atoms with Crippen LogP contribution in [0, 0.1) is 6.92 Å². The Hall–Kier alpha value is -2.79. The maximum atomic E-state index is 12.9. The predicted molar refractivity (Wildman–Crippen MR) is 96.5 cm³/mol. The van der Waals surface area contributed by atoms with Gasteiger partial charge in [-0.25, -0.2) is 4.79 Å². The second kappa shape index (κ2) is 6.99. The summed E-state index contributed by atoms with van der Waals surface area (Å²) in [6.07, 6.45) is -0.664. The van der Waals surface area contributed by atoms with Crippen LogP contribution in [0.15, 0.2) is 46.9 Å². The SMILES string of the molecule is CCOC(=O)Nc1c(C(=O)c2ccc(C)cc2)oc2ccc(Cl)cc12. The number of nitrogens with one attached hydrogen (secondary N) is 1. The zero-order chi connectivity index (χ0) is 18.0. The molecule has 0 aliphatic rings. The topological polar surface area (TPSA) is 68.5 Å². The number of carbonyl (C=O) groups is 2. The van der Waals surface area contributed by atoms with E-state index in [4.69, 9.17) is 20.8 Å². The third-order valence-electron chi connectivity index (χ3n) is 3.67. The Kier molecular flexibility index (Phi) is 4.76. The molecule has 0 fully saturated rings. The van der Waals surface area contributed by atoms with Crippen molar-refractivity contribution in [3.8, 4) is 0 Å². The van der Waals surface area contributed by atoms with Gasteiger partial charge in [0.1, 0.15) is 11.3 Å². The van der Waals surface area contributed by atoms with E-state index >= 15 is 0 Å². The molecule has 1 N–H and O–H groups in total. The number of ether oxygens (including phenoxy) is 1. The molecule has 0 saturated carbocycles. The Balaban J connectivity index is 2.11. The summed E-state index contributed by atoms with van der Waals surface area (Å²) < 4.78 is 10.6. The van der Waals surface area contributed by atoms with Crippen molar-refractivity contribution in [1.29, 1.82) is 0 Å². The molecule has 2 aromatic carbocycles. The lowest BCUT2D eigenvalue weighted by Crippen LogP contribution is -2.15. The van der Waals surface area contributed by atoms with E-state index in [9.17, 15) is 9.59 Å². The van der Waals surface area contributed by atoms with Gasteiger partial charge in [0.15, 0.2) is 5.76 Å². The first kappa shape index (κ1) is 17.0. The first-order chi connectivity index (χ1) is 12.0. The number of furan rings is 1. The molecule has 1 heterocycles. The summed E-state index contributed by atoms with van der Waals surface area (Å²) in [5.41, 5.74) is 2.20. The van der Waals surface area contributed by atoms with E-state index in [0.29, 0.717) is 21.6 Å². The molecule has 0 atom stereocenters. The third-order valence-corrected chi connectivity index (χ3v) is 3.91. The predicted octanol–water partition coefficient (Wildman–Crippen LogP) is 5.19. The first-order valence-electron chi connectivity index (χ1n) is 7.76. The van der Waals surface area contributed by atoms with Crippen LogP contribution in [0.3, 0.4) is 0 Å². The minimum absolute atomic E-state index is 0.0363. The van der Waals surface area contributed by atoms with Crippen LogP contribution >= 0.6 is 11.6 Å². The van der Waals surface area contributed by atoms with Crippen LogP contribution in [0.2, 0.25) is 5.02 Å². The first-order valence-corrected chi connectivity index (χ1v) is 8.14. The highest BCUT2D eigenvalue weighted by Gasteiger charge is 2.24. The van der Waals surface area contributed by atoms with Gasteiger partial charge in [-0.2, -0.15) is 0 Å². The molecule has 3 rings (SSSR count). The number of fused-ring (bicyclic) bond motifs is 1. The molecule has 1 amide bonds.